The topological polar surface area (TPSA) is 77.9 Å². The Morgan fingerprint density at radius 1 is 1.21 bits per heavy atom. The number of benzene rings is 1. The zero-order chi connectivity index (χ0) is 28.1. The van der Waals surface area contributed by atoms with Crippen molar-refractivity contribution in [2.75, 3.05) is 17.3 Å². The van der Waals surface area contributed by atoms with Crippen LogP contribution in [0.4, 0.5) is 29.5 Å². The molecule has 0 radical (unpaired) electrons. The van der Waals surface area contributed by atoms with Crippen LogP contribution in [0.5, 0.6) is 0 Å². The van der Waals surface area contributed by atoms with Crippen LogP contribution in [0.15, 0.2) is 64.6 Å². The molecule has 1 saturated heterocycles. The van der Waals surface area contributed by atoms with Gasteiger partial charge in [0.25, 0.3) is 5.91 Å². The second-order valence-corrected chi connectivity index (χ2v) is 10.6. The van der Waals surface area contributed by atoms with Crippen LogP contribution in [0, 0.1) is 5.92 Å². The molecular weight excluding hydrogens is 515 g/mol. The number of hydrogen-bond acceptors (Lipinski definition) is 5. The Balaban J connectivity index is 1.74. The summed E-state index contributed by atoms with van der Waals surface area (Å²) in [7, 11) is 1.71. The highest BCUT2D eigenvalue weighted by Crippen LogP contribution is 2.39. The highest BCUT2D eigenvalue weighted by Gasteiger charge is 2.51. The van der Waals surface area contributed by atoms with Gasteiger partial charge < -0.3 is 10.2 Å². The number of halogens is 3. The van der Waals surface area contributed by atoms with Crippen molar-refractivity contribution >= 4 is 41.0 Å². The number of urea groups is 1. The number of carbonyl (C=O) groups is 2. The van der Waals surface area contributed by atoms with Crippen LogP contribution in [0.1, 0.15) is 46.1 Å². The average Bonchev–Trinajstić information content (AvgIpc) is 3.01. The van der Waals surface area contributed by atoms with Gasteiger partial charge in [0, 0.05) is 31.1 Å². The number of nitrogens with zero attached hydrogens (tertiary/aromatic N) is 4. The third-order valence-corrected chi connectivity index (χ3v) is 6.96. The number of amides is 3. The molecule has 1 aliphatic heterocycles. The van der Waals surface area contributed by atoms with Gasteiger partial charge in [-0.05, 0) is 86.8 Å². The number of alkyl halides is 3. The molecule has 1 unspecified atom stereocenters. The van der Waals surface area contributed by atoms with E-state index < -0.39 is 23.0 Å². The molecule has 11 heteroatoms. The van der Waals surface area contributed by atoms with Gasteiger partial charge in [-0.15, -0.1) is 0 Å². The Bertz CT molecular complexity index is 1210. The Labute approximate surface area is 225 Å². The summed E-state index contributed by atoms with van der Waals surface area (Å²) < 4.78 is 38.0. The second kappa shape index (κ2) is 12.0. The SMILES string of the molecule is C/C=C\C(C)CCC(=NC)Nc1cc(CN2C(=O)N(c3ccc(SC(F)(F)F)cc3)C(=O)C2(C)C)ccn1. The molecule has 0 aliphatic carbocycles. The van der Waals surface area contributed by atoms with E-state index in [1.54, 1.807) is 39.2 Å². The monoisotopic (exact) mass is 547 g/mol. The van der Waals surface area contributed by atoms with Gasteiger partial charge in [0.1, 0.15) is 17.2 Å². The summed E-state index contributed by atoms with van der Waals surface area (Å²) in [6, 6.07) is 8.22. The first-order valence-corrected chi connectivity index (χ1v) is 13.0. The smallest absolute Gasteiger partial charge is 0.329 e. The molecule has 1 aliphatic rings. The molecule has 0 saturated carbocycles. The van der Waals surface area contributed by atoms with Crippen LogP contribution >= 0.6 is 11.8 Å². The Morgan fingerprint density at radius 2 is 1.89 bits per heavy atom. The first-order valence-electron chi connectivity index (χ1n) is 12.2. The van der Waals surface area contributed by atoms with Gasteiger partial charge in [-0.2, -0.15) is 13.2 Å². The van der Waals surface area contributed by atoms with Crippen molar-refractivity contribution in [3.63, 3.8) is 0 Å². The first kappa shape index (κ1) is 29.2. The average molecular weight is 548 g/mol. The van der Waals surface area contributed by atoms with Gasteiger partial charge in [-0.1, -0.05) is 19.1 Å². The zero-order valence-electron chi connectivity index (χ0n) is 22.0. The number of thioether (sulfide) groups is 1. The molecule has 0 spiro atoms. The van der Waals surface area contributed by atoms with Gasteiger partial charge in [0.05, 0.1) is 5.69 Å². The largest absolute Gasteiger partial charge is 0.446 e. The third kappa shape index (κ3) is 7.15. The summed E-state index contributed by atoms with van der Waals surface area (Å²) >= 11 is -0.253. The van der Waals surface area contributed by atoms with Gasteiger partial charge in [0.2, 0.25) is 0 Å². The van der Waals surface area contributed by atoms with Gasteiger partial charge in [0.15, 0.2) is 0 Å². The van der Waals surface area contributed by atoms with Crippen LogP contribution in [0.25, 0.3) is 0 Å². The summed E-state index contributed by atoms with van der Waals surface area (Å²) in [5, 5.41) is 3.24. The number of nitrogens with one attached hydrogen (secondary N) is 1. The van der Waals surface area contributed by atoms with E-state index in [-0.39, 0.29) is 28.9 Å². The van der Waals surface area contributed by atoms with Crippen LogP contribution in [0.3, 0.4) is 0 Å². The van der Waals surface area contributed by atoms with Crippen LogP contribution in [-0.4, -0.2) is 45.8 Å². The number of allylic oxidation sites excluding steroid dienone is 2. The number of pyridine rings is 1. The molecule has 1 aromatic heterocycles. The quantitative estimate of drug-likeness (QED) is 0.122. The number of anilines is 2. The van der Waals surface area contributed by atoms with Crippen molar-refractivity contribution < 1.29 is 22.8 Å². The normalized spacial score (nSPS) is 17.0. The lowest BCUT2D eigenvalue weighted by molar-refractivity contribution is -0.123. The minimum Gasteiger partial charge on any atom is -0.329 e. The van der Waals surface area contributed by atoms with E-state index in [2.05, 4.69) is 28.3 Å². The summed E-state index contributed by atoms with van der Waals surface area (Å²) in [4.78, 5) is 37.7. The molecule has 1 N–H and O–H groups in total. The van der Waals surface area contributed by atoms with Crippen molar-refractivity contribution in [3.05, 3.63) is 60.3 Å². The van der Waals surface area contributed by atoms with E-state index in [0.29, 0.717) is 11.7 Å². The highest BCUT2D eigenvalue weighted by molar-refractivity contribution is 8.00. The molecule has 3 amide bonds. The van der Waals surface area contributed by atoms with Crippen molar-refractivity contribution in [1.29, 1.82) is 0 Å². The van der Waals surface area contributed by atoms with Gasteiger partial charge in [-0.3, -0.25) is 9.79 Å². The van der Waals surface area contributed by atoms with Gasteiger partial charge in [-0.25, -0.2) is 14.7 Å². The fourth-order valence-electron chi connectivity index (χ4n) is 4.12. The van der Waals surface area contributed by atoms with E-state index >= 15 is 0 Å². The lowest BCUT2D eigenvalue weighted by Crippen LogP contribution is -2.43. The maximum atomic E-state index is 13.4. The lowest BCUT2D eigenvalue weighted by atomic mass is 10.0. The predicted octanol–water partition coefficient (Wildman–Crippen LogP) is 6.87. The summed E-state index contributed by atoms with van der Waals surface area (Å²) in [6.07, 6.45) is 7.46. The van der Waals surface area contributed by atoms with Gasteiger partial charge >= 0.3 is 11.5 Å². The standard InChI is InChI=1S/C27H32F3N5O2S/c1-6-7-18(2)8-13-22(31-5)33-23-16-19(14-15-32-23)17-34-25(37)35(24(36)26(34,3)4)20-9-11-21(12-10-20)38-27(28,29)30/h6-7,9-12,14-16,18H,8,13,17H2,1-5H3,(H,31,32,33)/b7-6-. The molecule has 1 aromatic carbocycles. The number of imide groups is 1. The van der Waals surface area contributed by atoms with Crippen molar-refractivity contribution in [2.45, 2.75) is 63.0 Å². The molecule has 3 rings (SSSR count). The van der Waals surface area contributed by atoms with E-state index in [0.717, 1.165) is 29.1 Å². The molecule has 7 nitrogen and oxygen atoms in total. The lowest BCUT2D eigenvalue weighted by Gasteiger charge is -2.27. The van der Waals surface area contributed by atoms with E-state index in [4.69, 9.17) is 0 Å². The minimum absolute atomic E-state index is 0.0282. The van der Waals surface area contributed by atoms with E-state index in [9.17, 15) is 22.8 Å². The fraction of sp³-hybridized carbons (Fsp3) is 0.407. The fourth-order valence-corrected chi connectivity index (χ4v) is 4.66. The van der Waals surface area contributed by atoms with E-state index in [1.165, 1.54) is 29.2 Å². The molecule has 1 atom stereocenters. The zero-order valence-corrected chi connectivity index (χ0v) is 22.9. The molecular formula is C27H32F3N5O2S. The van der Waals surface area contributed by atoms with Crippen molar-refractivity contribution in [1.82, 2.24) is 9.88 Å². The number of aromatic nitrogens is 1. The molecule has 38 heavy (non-hydrogen) atoms. The number of carbonyl (C=O) groups excluding carboxylic acids is 2. The van der Waals surface area contributed by atoms with Crippen molar-refractivity contribution in [3.8, 4) is 0 Å². The van der Waals surface area contributed by atoms with Crippen LogP contribution < -0.4 is 10.2 Å². The Kier molecular flexibility index (Phi) is 9.24. The summed E-state index contributed by atoms with van der Waals surface area (Å²) in [5.74, 6) is 1.33. The Morgan fingerprint density at radius 3 is 2.50 bits per heavy atom. The van der Waals surface area contributed by atoms with Crippen molar-refractivity contribution in [2.24, 2.45) is 10.9 Å². The molecule has 0 bridgehead atoms. The molecule has 204 valence electrons. The number of rotatable bonds is 9. The minimum atomic E-state index is -4.42. The molecule has 2 heterocycles. The molecule has 1 fully saturated rings. The number of aliphatic imine (C=N–C) groups is 1. The van der Waals surface area contributed by atoms with E-state index in [1.807, 2.05) is 13.0 Å². The third-order valence-electron chi connectivity index (χ3n) is 6.22. The maximum absolute atomic E-state index is 13.4. The Hall–Kier alpha value is -3.34. The van der Waals surface area contributed by atoms with Crippen LogP contribution in [0.2, 0.25) is 0 Å². The maximum Gasteiger partial charge on any atom is 0.446 e. The second-order valence-electron chi connectivity index (χ2n) is 9.50. The van der Waals surface area contributed by atoms with Crippen LogP contribution in [-0.2, 0) is 11.3 Å². The summed E-state index contributed by atoms with van der Waals surface area (Å²) in [5.41, 5.74) is -4.61. The molecule has 2 aromatic rings. The first-order chi connectivity index (χ1) is 17.9. The predicted molar refractivity (Wildman–Crippen MR) is 145 cm³/mol. The summed E-state index contributed by atoms with van der Waals surface area (Å²) in [6.45, 7) is 7.57. The number of hydrogen-bond donors (Lipinski definition) is 1. The number of amidine groups is 1. The highest BCUT2D eigenvalue weighted by atomic mass is 32.2.